The van der Waals surface area contributed by atoms with E-state index in [2.05, 4.69) is 4.98 Å². The fraction of sp³-hybridized carbons (Fsp3) is 0.600. The minimum Gasteiger partial charge on any atom is -0.394 e. The van der Waals surface area contributed by atoms with E-state index < -0.39 is 5.60 Å². The smallest absolute Gasteiger partial charge is 0.254 e. The van der Waals surface area contributed by atoms with E-state index >= 15 is 0 Å². The van der Waals surface area contributed by atoms with Crippen LogP contribution in [0.3, 0.4) is 0 Å². The van der Waals surface area contributed by atoms with Gasteiger partial charge in [0.25, 0.3) is 5.91 Å². The number of aliphatic hydroxyl groups excluding tert-OH is 1. The maximum Gasteiger partial charge on any atom is 0.254 e. The Kier molecular flexibility index (Phi) is 4.49. The van der Waals surface area contributed by atoms with Gasteiger partial charge in [-0.1, -0.05) is 0 Å². The van der Waals surface area contributed by atoms with Gasteiger partial charge >= 0.3 is 0 Å². The summed E-state index contributed by atoms with van der Waals surface area (Å²) in [5, 5.41) is 9.33. The molecule has 1 N–H and O–H groups in total. The van der Waals surface area contributed by atoms with Crippen LogP contribution in [0, 0.1) is 0 Å². The molecule has 1 atom stereocenters. The van der Waals surface area contributed by atoms with Gasteiger partial charge in [-0.25, -0.2) is 4.98 Å². The lowest BCUT2D eigenvalue weighted by atomic mass is 10.0. The number of hydrogen-bond donors (Lipinski definition) is 1. The number of aliphatic hydroxyl groups is 1. The van der Waals surface area contributed by atoms with Gasteiger partial charge in [0.1, 0.15) is 5.82 Å². The van der Waals surface area contributed by atoms with E-state index in [4.69, 9.17) is 4.74 Å². The van der Waals surface area contributed by atoms with Gasteiger partial charge in [0, 0.05) is 38.9 Å². The molecular weight excluding hydrogens is 270 g/mol. The van der Waals surface area contributed by atoms with Crippen LogP contribution in [-0.4, -0.2) is 66.4 Å². The Morgan fingerprint density at radius 3 is 2.90 bits per heavy atom. The van der Waals surface area contributed by atoms with Crippen molar-refractivity contribution >= 4 is 11.7 Å². The Bertz CT molecular complexity index is 517. The highest BCUT2D eigenvalue weighted by atomic mass is 16.5. The van der Waals surface area contributed by atoms with Crippen molar-refractivity contribution < 1.29 is 14.6 Å². The zero-order chi connectivity index (χ0) is 15.6. The first-order valence-corrected chi connectivity index (χ1v) is 7.04. The third-order valence-electron chi connectivity index (χ3n) is 3.42. The molecule has 0 aromatic carbocycles. The molecule has 116 valence electrons. The van der Waals surface area contributed by atoms with Gasteiger partial charge < -0.3 is 19.6 Å². The molecule has 1 amide bonds. The van der Waals surface area contributed by atoms with Gasteiger partial charge in [-0.3, -0.25) is 4.79 Å². The molecule has 1 unspecified atom stereocenters. The molecule has 1 fully saturated rings. The maximum atomic E-state index is 12.7. The lowest BCUT2D eigenvalue weighted by Gasteiger charge is -2.42. The predicted molar refractivity (Wildman–Crippen MR) is 80.5 cm³/mol. The monoisotopic (exact) mass is 293 g/mol. The van der Waals surface area contributed by atoms with Crippen LogP contribution in [0.4, 0.5) is 5.82 Å². The van der Waals surface area contributed by atoms with E-state index in [-0.39, 0.29) is 18.6 Å². The molecule has 0 spiro atoms. The zero-order valence-electron chi connectivity index (χ0n) is 13.0. The molecule has 1 aliphatic heterocycles. The highest BCUT2D eigenvalue weighted by molar-refractivity contribution is 5.95. The summed E-state index contributed by atoms with van der Waals surface area (Å²) in [6.45, 7) is 4.66. The molecule has 21 heavy (non-hydrogen) atoms. The summed E-state index contributed by atoms with van der Waals surface area (Å²) in [6, 6.07) is 3.49. The van der Waals surface area contributed by atoms with Crippen molar-refractivity contribution in [1.29, 1.82) is 0 Å². The van der Waals surface area contributed by atoms with Gasteiger partial charge in [-0.15, -0.1) is 0 Å². The van der Waals surface area contributed by atoms with Crippen molar-refractivity contribution in [1.82, 2.24) is 9.88 Å². The molecule has 1 aromatic heterocycles. The van der Waals surface area contributed by atoms with E-state index in [0.717, 1.165) is 5.82 Å². The Morgan fingerprint density at radius 2 is 2.29 bits per heavy atom. The average Bonchev–Trinajstić information content (AvgIpc) is 2.44. The van der Waals surface area contributed by atoms with Crippen LogP contribution in [0.5, 0.6) is 0 Å². The molecule has 1 aromatic rings. The van der Waals surface area contributed by atoms with Gasteiger partial charge in [0.05, 0.1) is 18.3 Å². The number of aromatic nitrogens is 1. The summed E-state index contributed by atoms with van der Waals surface area (Å²) in [6.07, 6.45) is 1.30. The molecule has 1 aliphatic rings. The van der Waals surface area contributed by atoms with E-state index in [1.807, 2.05) is 32.8 Å². The number of nitrogens with zero attached hydrogens (tertiary/aromatic N) is 3. The molecule has 0 aliphatic carbocycles. The first-order valence-electron chi connectivity index (χ1n) is 7.04. The van der Waals surface area contributed by atoms with Crippen LogP contribution in [0.15, 0.2) is 18.3 Å². The fourth-order valence-corrected chi connectivity index (χ4v) is 2.52. The second-order valence-electron chi connectivity index (χ2n) is 6.16. The molecule has 2 rings (SSSR count). The Morgan fingerprint density at radius 1 is 1.57 bits per heavy atom. The third-order valence-corrected chi connectivity index (χ3v) is 3.42. The van der Waals surface area contributed by atoms with Crippen molar-refractivity contribution in [2.45, 2.75) is 25.6 Å². The van der Waals surface area contributed by atoms with Crippen molar-refractivity contribution in [3.05, 3.63) is 23.9 Å². The first-order chi connectivity index (χ1) is 9.82. The van der Waals surface area contributed by atoms with Crippen LogP contribution in [0.1, 0.15) is 24.2 Å². The number of ether oxygens (including phenoxy) is 1. The number of carbonyl (C=O) groups is 1. The number of rotatable bonds is 3. The number of hydrogen-bond acceptors (Lipinski definition) is 5. The second kappa shape index (κ2) is 5.99. The molecular formula is C15H23N3O3. The lowest BCUT2D eigenvalue weighted by Crippen LogP contribution is -2.55. The van der Waals surface area contributed by atoms with E-state index in [1.165, 1.54) is 0 Å². The van der Waals surface area contributed by atoms with Gasteiger partial charge in [0.2, 0.25) is 0 Å². The summed E-state index contributed by atoms with van der Waals surface area (Å²) >= 11 is 0. The van der Waals surface area contributed by atoms with Crippen LogP contribution in [0.25, 0.3) is 0 Å². The summed E-state index contributed by atoms with van der Waals surface area (Å²) in [7, 11) is 3.77. The van der Waals surface area contributed by atoms with Crippen molar-refractivity contribution in [3.8, 4) is 0 Å². The zero-order valence-corrected chi connectivity index (χ0v) is 13.0. The van der Waals surface area contributed by atoms with Gasteiger partial charge in [-0.2, -0.15) is 0 Å². The van der Waals surface area contributed by atoms with Crippen molar-refractivity contribution in [2.75, 3.05) is 38.7 Å². The van der Waals surface area contributed by atoms with E-state index in [0.29, 0.717) is 18.7 Å². The average molecular weight is 293 g/mol. The maximum absolute atomic E-state index is 12.7. The number of anilines is 1. The molecule has 6 heteroatoms. The Hall–Kier alpha value is -1.66. The van der Waals surface area contributed by atoms with E-state index in [9.17, 15) is 9.90 Å². The number of carbonyl (C=O) groups excluding carboxylic acids is 1. The number of morpholine rings is 1. The number of pyridine rings is 1. The molecule has 2 heterocycles. The second-order valence-corrected chi connectivity index (χ2v) is 6.16. The first kappa shape index (κ1) is 15.7. The Labute approximate surface area is 125 Å². The predicted octanol–water partition coefficient (Wildman–Crippen LogP) is 0.759. The van der Waals surface area contributed by atoms with Gasteiger partial charge in [-0.05, 0) is 26.0 Å². The standard InChI is InChI=1S/C15H23N3O3/c1-15(2)10-18(8-12(9-19)21-15)14(20)11-5-6-16-13(7-11)17(3)4/h5-7,12,19H,8-10H2,1-4H3. The van der Waals surface area contributed by atoms with Crippen LogP contribution >= 0.6 is 0 Å². The SMILES string of the molecule is CN(C)c1cc(C(=O)N2CC(CO)OC(C)(C)C2)ccn1. The highest BCUT2D eigenvalue weighted by Gasteiger charge is 2.35. The molecule has 0 bridgehead atoms. The summed E-state index contributed by atoms with van der Waals surface area (Å²) in [4.78, 5) is 20.5. The summed E-state index contributed by atoms with van der Waals surface area (Å²) < 4.78 is 5.74. The lowest BCUT2D eigenvalue weighted by molar-refractivity contribution is -0.139. The van der Waals surface area contributed by atoms with Crippen LogP contribution < -0.4 is 4.90 Å². The molecule has 6 nitrogen and oxygen atoms in total. The molecule has 0 saturated carbocycles. The minimum absolute atomic E-state index is 0.0599. The molecule has 0 radical (unpaired) electrons. The minimum atomic E-state index is -0.460. The van der Waals surface area contributed by atoms with Crippen molar-refractivity contribution in [3.63, 3.8) is 0 Å². The topological polar surface area (TPSA) is 65.9 Å². The van der Waals surface area contributed by atoms with E-state index in [1.54, 1.807) is 23.2 Å². The third kappa shape index (κ3) is 3.71. The van der Waals surface area contributed by atoms with Gasteiger partial charge in [0.15, 0.2) is 0 Å². The largest absolute Gasteiger partial charge is 0.394 e. The van der Waals surface area contributed by atoms with Crippen LogP contribution in [-0.2, 0) is 4.74 Å². The highest BCUT2D eigenvalue weighted by Crippen LogP contribution is 2.23. The summed E-state index contributed by atoms with van der Waals surface area (Å²) in [5.41, 5.74) is 0.140. The van der Waals surface area contributed by atoms with Crippen molar-refractivity contribution in [2.24, 2.45) is 0 Å². The normalized spacial score (nSPS) is 21.2. The molecule has 1 saturated heterocycles. The van der Waals surface area contributed by atoms with Crippen LogP contribution in [0.2, 0.25) is 0 Å². The Balaban J connectivity index is 2.20. The fourth-order valence-electron chi connectivity index (χ4n) is 2.52. The summed E-state index contributed by atoms with van der Waals surface area (Å²) in [5.74, 6) is 0.683. The number of amides is 1. The quantitative estimate of drug-likeness (QED) is 0.891.